The second-order valence-electron chi connectivity index (χ2n) is 5.44. The molecule has 0 aliphatic carbocycles. The summed E-state index contributed by atoms with van der Waals surface area (Å²) in [7, 11) is 3.92. The van der Waals surface area contributed by atoms with Crippen LogP contribution < -0.4 is 10.3 Å². The zero-order valence-corrected chi connectivity index (χ0v) is 13.7. The molecule has 0 fully saturated rings. The molecule has 2 aromatic carbocycles. The number of hydrogen-bond acceptors (Lipinski definition) is 3. The molecule has 0 saturated heterocycles. The van der Waals surface area contributed by atoms with Gasteiger partial charge in [-0.05, 0) is 42.3 Å². The number of carbonyl (C=O) groups excluding carboxylic acids is 1. The van der Waals surface area contributed by atoms with Gasteiger partial charge in [0.25, 0.3) is 5.91 Å². The molecule has 0 radical (unpaired) electrons. The maximum absolute atomic E-state index is 12.0. The van der Waals surface area contributed by atoms with Gasteiger partial charge in [-0.15, -0.1) is 0 Å². The van der Waals surface area contributed by atoms with Crippen LogP contribution in [-0.2, 0) is 0 Å². The van der Waals surface area contributed by atoms with Gasteiger partial charge in [-0.1, -0.05) is 36.4 Å². The predicted molar refractivity (Wildman–Crippen MR) is 96.8 cm³/mol. The Labute approximate surface area is 137 Å². The molecule has 4 nitrogen and oxygen atoms in total. The third kappa shape index (κ3) is 5.11. The van der Waals surface area contributed by atoms with Crippen molar-refractivity contribution in [3.63, 3.8) is 0 Å². The van der Waals surface area contributed by atoms with E-state index in [9.17, 15) is 4.79 Å². The van der Waals surface area contributed by atoms with Gasteiger partial charge in [-0.2, -0.15) is 5.10 Å². The molecule has 118 valence electrons. The molecule has 2 aromatic rings. The Bertz CT molecular complexity index is 701. The summed E-state index contributed by atoms with van der Waals surface area (Å²) in [5, 5.41) is 4.00. The number of anilines is 1. The minimum Gasteiger partial charge on any atom is -0.378 e. The van der Waals surface area contributed by atoms with Gasteiger partial charge >= 0.3 is 0 Å². The summed E-state index contributed by atoms with van der Waals surface area (Å²) < 4.78 is 0. The largest absolute Gasteiger partial charge is 0.378 e. The van der Waals surface area contributed by atoms with Gasteiger partial charge in [-0.25, -0.2) is 5.43 Å². The lowest BCUT2D eigenvalue weighted by molar-refractivity contribution is 0.0955. The average molecular weight is 307 g/mol. The van der Waals surface area contributed by atoms with Crippen molar-refractivity contribution in [2.75, 3.05) is 19.0 Å². The number of nitrogens with one attached hydrogen (secondary N) is 1. The molecule has 0 bridgehead atoms. The molecular weight excluding hydrogens is 286 g/mol. The van der Waals surface area contributed by atoms with Gasteiger partial charge < -0.3 is 4.90 Å². The third-order valence-electron chi connectivity index (χ3n) is 3.27. The number of allylic oxidation sites excluding steroid dienone is 1. The Kier molecular flexibility index (Phi) is 5.69. The van der Waals surface area contributed by atoms with E-state index in [-0.39, 0.29) is 5.91 Å². The van der Waals surface area contributed by atoms with E-state index in [0.29, 0.717) is 5.56 Å². The first kappa shape index (κ1) is 16.5. The number of carbonyl (C=O) groups is 1. The van der Waals surface area contributed by atoms with Gasteiger partial charge in [0.2, 0.25) is 0 Å². The minimum absolute atomic E-state index is 0.223. The Morgan fingerprint density at radius 2 is 1.70 bits per heavy atom. The standard InChI is InChI=1S/C19H21N3O/c1-15(13-16-7-5-4-6-8-16)14-20-21-19(23)17-9-11-18(12-10-17)22(2)3/h4-14H,1-3H3,(H,21,23). The summed E-state index contributed by atoms with van der Waals surface area (Å²) in [5.41, 5.74) is 6.23. The molecule has 0 aliphatic rings. The number of benzene rings is 2. The fraction of sp³-hybridized carbons (Fsp3) is 0.158. The Morgan fingerprint density at radius 3 is 2.30 bits per heavy atom. The maximum Gasteiger partial charge on any atom is 0.271 e. The molecule has 0 unspecified atom stereocenters. The highest BCUT2D eigenvalue weighted by atomic mass is 16.2. The first-order valence-corrected chi connectivity index (χ1v) is 7.40. The third-order valence-corrected chi connectivity index (χ3v) is 3.27. The van der Waals surface area contributed by atoms with Crippen LogP contribution in [0.1, 0.15) is 22.8 Å². The van der Waals surface area contributed by atoms with Crippen molar-refractivity contribution in [3.05, 3.63) is 71.3 Å². The molecule has 0 aromatic heterocycles. The lowest BCUT2D eigenvalue weighted by Gasteiger charge is -2.12. The topological polar surface area (TPSA) is 44.7 Å². The number of rotatable bonds is 5. The second kappa shape index (κ2) is 7.94. The molecule has 1 N–H and O–H groups in total. The van der Waals surface area contributed by atoms with E-state index >= 15 is 0 Å². The molecule has 0 aliphatic heterocycles. The van der Waals surface area contributed by atoms with Crippen molar-refractivity contribution in [1.82, 2.24) is 5.43 Å². The van der Waals surface area contributed by atoms with Gasteiger partial charge in [-0.3, -0.25) is 4.79 Å². The summed E-state index contributed by atoms with van der Waals surface area (Å²) in [6, 6.07) is 17.3. The van der Waals surface area contributed by atoms with Crippen LogP contribution in [0.2, 0.25) is 0 Å². The summed E-state index contributed by atoms with van der Waals surface area (Å²) in [5.74, 6) is -0.223. The fourth-order valence-corrected chi connectivity index (χ4v) is 2.02. The Morgan fingerprint density at radius 1 is 1.04 bits per heavy atom. The molecule has 0 saturated carbocycles. The van der Waals surface area contributed by atoms with E-state index < -0.39 is 0 Å². The van der Waals surface area contributed by atoms with Gasteiger partial charge in [0.1, 0.15) is 0 Å². The Hall–Kier alpha value is -2.88. The molecule has 0 atom stereocenters. The van der Waals surface area contributed by atoms with Crippen LogP contribution in [0, 0.1) is 0 Å². The van der Waals surface area contributed by atoms with Crippen LogP contribution in [0.4, 0.5) is 5.69 Å². The van der Waals surface area contributed by atoms with Crippen molar-refractivity contribution in [2.45, 2.75) is 6.92 Å². The molecule has 0 spiro atoms. The average Bonchev–Trinajstić information content (AvgIpc) is 2.55. The molecule has 2 rings (SSSR count). The monoisotopic (exact) mass is 307 g/mol. The van der Waals surface area contributed by atoms with Gasteiger partial charge in [0.05, 0.1) is 6.21 Å². The van der Waals surface area contributed by atoms with E-state index in [4.69, 9.17) is 0 Å². The van der Waals surface area contributed by atoms with Gasteiger partial charge in [0.15, 0.2) is 0 Å². The van der Waals surface area contributed by atoms with Crippen LogP contribution in [0.15, 0.2) is 65.3 Å². The van der Waals surface area contributed by atoms with Crippen molar-refractivity contribution < 1.29 is 4.79 Å². The van der Waals surface area contributed by atoms with Crippen molar-refractivity contribution in [3.8, 4) is 0 Å². The highest BCUT2D eigenvalue weighted by molar-refractivity contribution is 5.95. The highest BCUT2D eigenvalue weighted by Gasteiger charge is 2.04. The minimum atomic E-state index is -0.223. The molecule has 1 amide bonds. The first-order chi connectivity index (χ1) is 11.1. The van der Waals surface area contributed by atoms with E-state index in [1.807, 2.05) is 74.5 Å². The molecule has 4 heteroatoms. The predicted octanol–water partition coefficient (Wildman–Crippen LogP) is 3.57. The second-order valence-corrected chi connectivity index (χ2v) is 5.44. The van der Waals surface area contributed by atoms with Crippen LogP contribution >= 0.6 is 0 Å². The van der Waals surface area contributed by atoms with Crippen molar-refractivity contribution >= 4 is 23.9 Å². The molecule has 0 heterocycles. The van der Waals surface area contributed by atoms with E-state index in [1.165, 1.54) is 0 Å². The number of nitrogens with zero attached hydrogens (tertiary/aromatic N) is 2. The maximum atomic E-state index is 12.0. The van der Waals surface area contributed by atoms with Crippen LogP contribution in [0.5, 0.6) is 0 Å². The van der Waals surface area contributed by atoms with E-state index in [1.54, 1.807) is 18.3 Å². The number of hydrogen-bond donors (Lipinski definition) is 1. The van der Waals surface area contributed by atoms with E-state index in [0.717, 1.165) is 16.8 Å². The first-order valence-electron chi connectivity index (χ1n) is 7.40. The van der Waals surface area contributed by atoms with E-state index in [2.05, 4.69) is 10.5 Å². The lowest BCUT2D eigenvalue weighted by Crippen LogP contribution is -2.17. The lowest BCUT2D eigenvalue weighted by atomic mass is 10.1. The number of hydrazone groups is 1. The zero-order valence-electron chi connectivity index (χ0n) is 13.7. The zero-order chi connectivity index (χ0) is 16.7. The summed E-state index contributed by atoms with van der Waals surface area (Å²) in [6.07, 6.45) is 3.64. The van der Waals surface area contributed by atoms with Crippen molar-refractivity contribution in [1.29, 1.82) is 0 Å². The normalized spacial score (nSPS) is 11.5. The fourth-order valence-electron chi connectivity index (χ4n) is 2.02. The summed E-state index contributed by atoms with van der Waals surface area (Å²) >= 11 is 0. The smallest absolute Gasteiger partial charge is 0.271 e. The molecular formula is C19H21N3O. The van der Waals surface area contributed by atoms with Crippen LogP contribution in [0.3, 0.4) is 0 Å². The molecule has 23 heavy (non-hydrogen) atoms. The quantitative estimate of drug-likeness (QED) is 0.678. The van der Waals surface area contributed by atoms with Crippen LogP contribution in [-0.4, -0.2) is 26.2 Å². The summed E-state index contributed by atoms with van der Waals surface area (Å²) in [6.45, 7) is 1.94. The number of amides is 1. The SMILES string of the molecule is CC(C=NNC(=O)c1ccc(N(C)C)cc1)=Cc1ccccc1. The summed E-state index contributed by atoms with van der Waals surface area (Å²) in [4.78, 5) is 14.0. The van der Waals surface area contributed by atoms with Gasteiger partial charge in [0, 0.05) is 25.3 Å². The Balaban J connectivity index is 1.94. The van der Waals surface area contributed by atoms with Crippen LogP contribution in [0.25, 0.3) is 6.08 Å². The highest BCUT2D eigenvalue weighted by Crippen LogP contribution is 2.12. The van der Waals surface area contributed by atoms with Crippen molar-refractivity contribution in [2.24, 2.45) is 5.10 Å².